The monoisotopic (exact) mass is 494 g/mol. The average Bonchev–Trinajstić information content (AvgIpc) is 3.65. The lowest BCUT2D eigenvalue weighted by Crippen LogP contribution is -2.48. The molecule has 1 aromatic carbocycles. The van der Waals surface area contributed by atoms with Crippen LogP contribution in [-0.4, -0.2) is 54.0 Å². The molecule has 1 saturated carbocycles. The summed E-state index contributed by atoms with van der Waals surface area (Å²) in [5.41, 5.74) is 3.61. The molecule has 1 aromatic heterocycles. The summed E-state index contributed by atoms with van der Waals surface area (Å²) in [7, 11) is 0. The molecule has 2 amide bonds. The van der Waals surface area contributed by atoms with Crippen LogP contribution in [0.25, 0.3) is 0 Å². The molecule has 0 spiro atoms. The maximum Gasteiger partial charge on any atom is 0.242 e. The summed E-state index contributed by atoms with van der Waals surface area (Å²) in [4.78, 5) is 32.4. The molecule has 2 aromatic rings. The van der Waals surface area contributed by atoms with Crippen LogP contribution >= 0.6 is 11.3 Å². The van der Waals surface area contributed by atoms with Gasteiger partial charge in [0.25, 0.3) is 0 Å². The van der Waals surface area contributed by atoms with Crippen molar-refractivity contribution >= 4 is 23.2 Å². The van der Waals surface area contributed by atoms with Crippen LogP contribution in [0.2, 0.25) is 0 Å². The number of benzene rings is 1. The molecule has 2 unspecified atom stereocenters. The van der Waals surface area contributed by atoms with E-state index in [9.17, 15) is 9.59 Å². The van der Waals surface area contributed by atoms with E-state index in [0.29, 0.717) is 25.4 Å². The minimum atomic E-state index is -0.0862. The van der Waals surface area contributed by atoms with Crippen molar-refractivity contribution < 1.29 is 14.3 Å². The molecule has 0 bridgehead atoms. The van der Waals surface area contributed by atoms with Crippen LogP contribution in [-0.2, 0) is 20.7 Å². The first-order chi connectivity index (χ1) is 17.1. The predicted octanol–water partition coefficient (Wildman–Crippen LogP) is 5.51. The Balaban J connectivity index is 1.34. The number of fused-ring (bicyclic) bond motifs is 1. The summed E-state index contributed by atoms with van der Waals surface area (Å²) in [6.45, 7) is 4.24. The van der Waals surface area contributed by atoms with Gasteiger partial charge in [-0.1, -0.05) is 49.9 Å². The zero-order chi connectivity index (χ0) is 24.2. The van der Waals surface area contributed by atoms with Gasteiger partial charge in [0.2, 0.25) is 11.8 Å². The third kappa shape index (κ3) is 5.64. The van der Waals surface area contributed by atoms with Crippen LogP contribution < -0.4 is 0 Å². The SMILES string of the molecule is Cc1ccccc1C1c2ccsc2CCN1C(=O)CN(CC1CCCO1)C(=O)CCC1CCCC1. The number of ether oxygens (including phenoxy) is 1. The van der Waals surface area contributed by atoms with E-state index >= 15 is 0 Å². The molecular weight excluding hydrogens is 456 g/mol. The fourth-order valence-electron chi connectivity index (χ4n) is 6.14. The van der Waals surface area contributed by atoms with Crippen LogP contribution in [0.5, 0.6) is 0 Å². The largest absolute Gasteiger partial charge is 0.376 e. The van der Waals surface area contributed by atoms with Crippen molar-refractivity contribution in [3.8, 4) is 0 Å². The van der Waals surface area contributed by atoms with Crippen LogP contribution in [0.4, 0.5) is 0 Å². The summed E-state index contributed by atoms with van der Waals surface area (Å²) in [5.74, 6) is 0.826. The lowest BCUT2D eigenvalue weighted by molar-refractivity contribution is -0.143. The summed E-state index contributed by atoms with van der Waals surface area (Å²) >= 11 is 1.78. The summed E-state index contributed by atoms with van der Waals surface area (Å²) < 4.78 is 5.86. The molecule has 2 aliphatic heterocycles. The third-order valence-electron chi connectivity index (χ3n) is 8.14. The molecule has 0 radical (unpaired) electrons. The van der Waals surface area contributed by atoms with Crippen molar-refractivity contribution in [2.45, 2.75) is 76.9 Å². The van der Waals surface area contributed by atoms with Crippen LogP contribution in [0.3, 0.4) is 0 Å². The van der Waals surface area contributed by atoms with Crippen molar-refractivity contribution in [1.82, 2.24) is 9.80 Å². The van der Waals surface area contributed by atoms with Gasteiger partial charge in [0.1, 0.15) is 0 Å². The second-order valence-corrected chi connectivity index (χ2v) is 11.5. The van der Waals surface area contributed by atoms with Gasteiger partial charge in [0.15, 0.2) is 0 Å². The highest BCUT2D eigenvalue weighted by atomic mass is 32.1. The first-order valence-electron chi connectivity index (χ1n) is 13.4. The maximum atomic E-state index is 13.9. The van der Waals surface area contributed by atoms with Crippen molar-refractivity contribution in [3.05, 3.63) is 57.3 Å². The van der Waals surface area contributed by atoms with Gasteiger partial charge in [-0.2, -0.15) is 0 Å². The van der Waals surface area contributed by atoms with Crippen LogP contribution in [0.15, 0.2) is 35.7 Å². The molecule has 1 aliphatic carbocycles. The highest BCUT2D eigenvalue weighted by Crippen LogP contribution is 2.39. The number of thiophene rings is 1. The number of amides is 2. The first-order valence-corrected chi connectivity index (χ1v) is 14.3. The van der Waals surface area contributed by atoms with E-state index in [0.717, 1.165) is 32.3 Å². The molecule has 2 fully saturated rings. The molecule has 6 heteroatoms. The third-order valence-corrected chi connectivity index (χ3v) is 9.13. The second kappa shape index (κ2) is 11.3. The summed E-state index contributed by atoms with van der Waals surface area (Å²) in [5, 5.41) is 2.14. The van der Waals surface area contributed by atoms with E-state index in [1.807, 2.05) is 9.80 Å². The molecule has 3 aliphatic rings. The van der Waals surface area contributed by atoms with Gasteiger partial charge in [-0.05, 0) is 66.7 Å². The number of hydrogen-bond donors (Lipinski definition) is 0. The molecule has 0 N–H and O–H groups in total. The molecule has 188 valence electrons. The fourth-order valence-corrected chi connectivity index (χ4v) is 7.05. The molecule has 5 rings (SSSR count). The molecule has 1 saturated heterocycles. The Morgan fingerprint density at radius 2 is 1.91 bits per heavy atom. The number of carbonyl (C=O) groups excluding carboxylic acids is 2. The normalized spacial score (nSPS) is 22.4. The number of aryl methyl sites for hydroxylation is 1. The highest BCUT2D eigenvalue weighted by molar-refractivity contribution is 7.10. The molecule has 3 heterocycles. The average molecular weight is 495 g/mol. The quantitative estimate of drug-likeness (QED) is 0.486. The van der Waals surface area contributed by atoms with Crippen molar-refractivity contribution in [2.75, 3.05) is 26.2 Å². The fraction of sp³-hybridized carbons (Fsp3) is 0.586. The van der Waals surface area contributed by atoms with E-state index in [2.05, 4.69) is 42.6 Å². The van der Waals surface area contributed by atoms with Gasteiger partial charge in [-0.3, -0.25) is 9.59 Å². The van der Waals surface area contributed by atoms with Gasteiger partial charge in [0, 0.05) is 31.0 Å². The minimum absolute atomic E-state index is 0.0438. The maximum absolute atomic E-state index is 13.9. The summed E-state index contributed by atoms with van der Waals surface area (Å²) in [6.07, 6.45) is 9.48. The summed E-state index contributed by atoms with van der Waals surface area (Å²) in [6, 6.07) is 10.5. The van der Waals surface area contributed by atoms with Gasteiger partial charge in [-0.15, -0.1) is 11.3 Å². The number of hydrogen-bond acceptors (Lipinski definition) is 4. The van der Waals surface area contributed by atoms with Crippen molar-refractivity contribution in [2.24, 2.45) is 5.92 Å². The second-order valence-electron chi connectivity index (χ2n) is 10.5. The Kier molecular flexibility index (Phi) is 7.88. The van der Waals surface area contributed by atoms with Crippen molar-refractivity contribution in [1.29, 1.82) is 0 Å². The van der Waals surface area contributed by atoms with Gasteiger partial charge in [-0.25, -0.2) is 0 Å². The number of carbonyl (C=O) groups is 2. The lowest BCUT2D eigenvalue weighted by Gasteiger charge is -2.38. The van der Waals surface area contributed by atoms with Crippen LogP contribution in [0, 0.1) is 12.8 Å². The topological polar surface area (TPSA) is 49.9 Å². The molecule has 35 heavy (non-hydrogen) atoms. The van der Waals surface area contributed by atoms with Gasteiger partial charge >= 0.3 is 0 Å². The lowest BCUT2D eigenvalue weighted by atomic mass is 9.90. The smallest absolute Gasteiger partial charge is 0.242 e. The first kappa shape index (κ1) is 24.5. The van der Waals surface area contributed by atoms with Gasteiger partial charge < -0.3 is 14.5 Å². The van der Waals surface area contributed by atoms with Crippen molar-refractivity contribution in [3.63, 3.8) is 0 Å². The Labute approximate surface area is 213 Å². The Hall–Kier alpha value is -2.18. The number of rotatable bonds is 8. The molecule has 5 nitrogen and oxygen atoms in total. The zero-order valence-corrected chi connectivity index (χ0v) is 21.7. The minimum Gasteiger partial charge on any atom is -0.376 e. The van der Waals surface area contributed by atoms with Crippen LogP contribution in [0.1, 0.15) is 79.0 Å². The van der Waals surface area contributed by atoms with E-state index in [1.165, 1.54) is 47.3 Å². The Bertz CT molecular complexity index is 1020. The van der Waals surface area contributed by atoms with E-state index in [1.54, 1.807) is 11.3 Å². The molecular formula is C29H38N2O3S. The number of nitrogens with zero attached hydrogens (tertiary/aromatic N) is 2. The standard InChI is InChI=1S/C29H38N2O3S/c1-21-7-2-5-11-24(21)29-25-15-18-35-26(25)14-16-31(29)28(33)20-30(19-23-10-6-17-34-23)27(32)13-12-22-8-3-4-9-22/h2,5,7,11,15,18,22-23,29H,3-4,6,8-10,12-14,16-17,19-20H2,1H3. The predicted molar refractivity (Wildman–Crippen MR) is 140 cm³/mol. The Morgan fingerprint density at radius 3 is 2.69 bits per heavy atom. The van der Waals surface area contributed by atoms with E-state index in [-0.39, 0.29) is 30.5 Å². The van der Waals surface area contributed by atoms with E-state index < -0.39 is 0 Å². The van der Waals surface area contributed by atoms with E-state index in [4.69, 9.17) is 4.74 Å². The Morgan fingerprint density at radius 1 is 1.09 bits per heavy atom. The highest BCUT2D eigenvalue weighted by Gasteiger charge is 2.35. The molecule has 2 atom stereocenters. The zero-order valence-electron chi connectivity index (χ0n) is 20.9. The van der Waals surface area contributed by atoms with Gasteiger partial charge in [0.05, 0.1) is 18.7 Å².